The molecule has 4 rings (SSSR count). The van der Waals surface area contributed by atoms with E-state index in [0.717, 1.165) is 36.1 Å². The molecule has 0 fully saturated rings. The predicted octanol–water partition coefficient (Wildman–Crippen LogP) is 3.59. The summed E-state index contributed by atoms with van der Waals surface area (Å²) >= 11 is 0. The monoisotopic (exact) mass is 516 g/mol. The van der Waals surface area contributed by atoms with Gasteiger partial charge in [0.2, 0.25) is 5.91 Å². The maximum Gasteiger partial charge on any atom is 0.332 e. The quantitative estimate of drug-likeness (QED) is 0.234. The lowest BCUT2D eigenvalue weighted by atomic mass is 10.1. The number of carbonyl (C=O) groups is 1. The number of nitrogens with two attached hydrogens (primary N) is 1. The van der Waals surface area contributed by atoms with E-state index in [-0.39, 0.29) is 17.2 Å². The minimum Gasteiger partial charge on any atom is -0.336 e. The number of benzene rings is 2. The van der Waals surface area contributed by atoms with Gasteiger partial charge in [0.25, 0.3) is 5.56 Å². The Labute approximate surface area is 221 Å². The van der Waals surface area contributed by atoms with Crippen LogP contribution in [0.15, 0.2) is 64.2 Å². The second-order valence-electron chi connectivity index (χ2n) is 9.53. The van der Waals surface area contributed by atoms with Gasteiger partial charge in [0, 0.05) is 31.6 Å². The molecular formula is C29H36N6O3. The maximum atomic E-state index is 13.3. The van der Waals surface area contributed by atoms with Crippen molar-refractivity contribution >= 4 is 22.8 Å². The van der Waals surface area contributed by atoms with Crippen LogP contribution in [-0.4, -0.2) is 31.6 Å². The Bertz CT molecular complexity index is 1490. The number of imidazole rings is 1. The second kappa shape index (κ2) is 13.0. The molecule has 0 saturated carbocycles. The van der Waals surface area contributed by atoms with Crippen molar-refractivity contribution in [2.45, 2.75) is 65.0 Å². The van der Waals surface area contributed by atoms with E-state index < -0.39 is 0 Å². The fourth-order valence-electron chi connectivity index (χ4n) is 4.59. The van der Waals surface area contributed by atoms with Crippen molar-refractivity contribution in [1.29, 1.82) is 0 Å². The average molecular weight is 517 g/mol. The van der Waals surface area contributed by atoms with Crippen molar-refractivity contribution in [3.63, 3.8) is 0 Å². The Kier molecular flexibility index (Phi) is 9.26. The number of rotatable bonds is 13. The molecule has 0 radical (unpaired) electrons. The van der Waals surface area contributed by atoms with Gasteiger partial charge in [-0.1, -0.05) is 55.8 Å². The van der Waals surface area contributed by atoms with Gasteiger partial charge in [-0.2, -0.15) is 0 Å². The first-order chi connectivity index (χ1) is 18.5. The molecule has 4 aromatic rings. The number of amides is 1. The molecule has 2 aromatic heterocycles. The summed E-state index contributed by atoms with van der Waals surface area (Å²) in [5, 5.41) is 2.96. The van der Waals surface area contributed by atoms with Gasteiger partial charge in [0.1, 0.15) is 11.3 Å². The van der Waals surface area contributed by atoms with Crippen molar-refractivity contribution in [2.24, 2.45) is 5.73 Å². The van der Waals surface area contributed by atoms with Crippen LogP contribution in [0.25, 0.3) is 11.2 Å². The summed E-state index contributed by atoms with van der Waals surface area (Å²) in [6.07, 6.45) is 4.87. The summed E-state index contributed by atoms with van der Waals surface area (Å²) in [5.74, 6) is 0.619. The third-order valence-corrected chi connectivity index (χ3v) is 6.51. The molecule has 0 aliphatic rings. The van der Waals surface area contributed by atoms with Crippen LogP contribution in [0.2, 0.25) is 0 Å². The molecule has 2 aromatic carbocycles. The van der Waals surface area contributed by atoms with E-state index in [1.54, 1.807) is 4.57 Å². The minimum absolute atomic E-state index is 0.0220. The molecule has 9 heteroatoms. The van der Waals surface area contributed by atoms with Crippen LogP contribution in [0.1, 0.15) is 56.0 Å². The molecule has 200 valence electrons. The number of nitrogens with zero attached hydrogens (tertiary/aromatic N) is 3. The number of hydrogen-bond donors (Lipinski definition) is 3. The van der Waals surface area contributed by atoms with E-state index in [1.165, 1.54) is 4.57 Å². The summed E-state index contributed by atoms with van der Waals surface area (Å²) in [4.78, 5) is 46.6. The molecular weight excluding hydrogens is 480 g/mol. The Morgan fingerprint density at radius 1 is 0.974 bits per heavy atom. The van der Waals surface area contributed by atoms with E-state index in [1.807, 2.05) is 61.5 Å². The molecule has 4 N–H and O–H groups in total. The second-order valence-corrected chi connectivity index (χ2v) is 9.53. The van der Waals surface area contributed by atoms with Gasteiger partial charge in [-0.3, -0.25) is 18.7 Å². The number of fused-ring (bicyclic) bond motifs is 1. The first-order valence-corrected chi connectivity index (χ1v) is 13.3. The van der Waals surface area contributed by atoms with Crippen LogP contribution < -0.4 is 22.3 Å². The summed E-state index contributed by atoms with van der Waals surface area (Å²) in [6.45, 7) is 3.27. The summed E-state index contributed by atoms with van der Waals surface area (Å²) in [7, 11) is 0. The Morgan fingerprint density at radius 2 is 1.76 bits per heavy atom. The topological polar surface area (TPSA) is 128 Å². The minimum atomic E-state index is -0.357. The zero-order valence-electron chi connectivity index (χ0n) is 21.9. The summed E-state index contributed by atoms with van der Waals surface area (Å²) < 4.78 is 2.87. The van der Waals surface area contributed by atoms with E-state index in [9.17, 15) is 14.4 Å². The average Bonchev–Trinajstić information content (AvgIpc) is 3.33. The van der Waals surface area contributed by atoms with Crippen molar-refractivity contribution in [2.75, 3.05) is 11.9 Å². The predicted molar refractivity (Wildman–Crippen MR) is 150 cm³/mol. The number of hydrogen-bond acceptors (Lipinski definition) is 5. The number of H-pyrrole nitrogens is 1. The molecule has 1 amide bonds. The molecule has 0 unspecified atom stereocenters. The highest BCUT2D eigenvalue weighted by Gasteiger charge is 2.17. The first-order valence-electron chi connectivity index (χ1n) is 13.3. The van der Waals surface area contributed by atoms with Gasteiger partial charge in [-0.15, -0.1) is 0 Å². The van der Waals surface area contributed by atoms with E-state index in [0.29, 0.717) is 62.3 Å². The number of aryl methyl sites for hydroxylation is 2. The van der Waals surface area contributed by atoms with Crippen molar-refractivity contribution in [1.82, 2.24) is 19.1 Å². The fourth-order valence-corrected chi connectivity index (χ4v) is 4.59. The molecule has 0 spiro atoms. The van der Waals surface area contributed by atoms with Crippen molar-refractivity contribution in [3.05, 3.63) is 92.4 Å². The highest BCUT2D eigenvalue weighted by Crippen LogP contribution is 2.15. The lowest BCUT2D eigenvalue weighted by Gasteiger charge is -2.12. The van der Waals surface area contributed by atoms with Crippen LogP contribution >= 0.6 is 0 Å². The highest BCUT2D eigenvalue weighted by molar-refractivity contribution is 5.90. The number of anilines is 1. The van der Waals surface area contributed by atoms with Gasteiger partial charge >= 0.3 is 5.69 Å². The fraction of sp³-hybridized carbons (Fsp3) is 0.379. The maximum absolute atomic E-state index is 13.3. The number of carbonyl (C=O) groups excluding carboxylic acids is 1. The standard InChI is InChI=1S/C29H36N6O3/c1-2-17-35-28(37)26-27(33-24(32-26)20-21-10-5-3-6-11-21)34(29(35)38)18-15-22-12-9-13-23(19-22)31-25(36)14-7-4-8-16-30/h3,5-6,9-13,19H,2,4,7-8,14-18,20,30H2,1H3,(H,31,36)(H,32,33). The van der Waals surface area contributed by atoms with Crippen LogP contribution in [0.5, 0.6) is 0 Å². The summed E-state index contributed by atoms with van der Waals surface area (Å²) in [5.41, 5.74) is 8.30. The normalized spacial score (nSPS) is 11.2. The number of aromatic amines is 1. The number of unbranched alkanes of at least 4 members (excludes halogenated alkanes) is 2. The third-order valence-electron chi connectivity index (χ3n) is 6.51. The van der Waals surface area contributed by atoms with E-state index in [2.05, 4.69) is 15.3 Å². The molecule has 38 heavy (non-hydrogen) atoms. The van der Waals surface area contributed by atoms with Gasteiger partial charge in [0.05, 0.1) is 0 Å². The van der Waals surface area contributed by atoms with Crippen molar-refractivity contribution in [3.8, 4) is 0 Å². The zero-order chi connectivity index (χ0) is 26.9. The summed E-state index contributed by atoms with van der Waals surface area (Å²) in [6, 6.07) is 17.5. The Hall–Kier alpha value is -3.98. The zero-order valence-corrected chi connectivity index (χ0v) is 21.9. The SMILES string of the molecule is CCCn1c(=O)c2[nH]c(Cc3ccccc3)nc2n(CCc2cccc(NC(=O)CCCCCN)c2)c1=O. The lowest BCUT2D eigenvalue weighted by Crippen LogP contribution is -2.40. The van der Waals surface area contributed by atoms with Gasteiger partial charge in [-0.05, 0) is 55.5 Å². The lowest BCUT2D eigenvalue weighted by molar-refractivity contribution is -0.116. The van der Waals surface area contributed by atoms with E-state index in [4.69, 9.17) is 5.73 Å². The number of nitrogens with one attached hydrogen (secondary N) is 2. The Balaban J connectivity index is 1.56. The first kappa shape index (κ1) is 27.1. The molecule has 0 saturated heterocycles. The van der Waals surface area contributed by atoms with Crippen LogP contribution in [0, 0.1) is 0 Å². The molecule has 0 aliphatic heterocycles. The molecule has 0 aliphatic carbocycles. The number of aromatic nitrogens is 4. The molecule has 0 bridgehead atoms. The Morgan fingerprint density at radius 3 is 2.53 bits per heavy atom. The van der Waals surface area contributed by atoms with Crippen LogP contribution in [-0.2, 0) is 30.7 Å². The molecule has 0 atom stereocenters. The van der Waals surface area contributed by atoms with Gasteiger partial charge < -0.3 is 16.0 Å². The van der Waals surface area contributed by atoms with Crippen LogP contribution in [0.4, 0.5) is 5.69 Å². The third kappa shape index (κ3) is 6.66. The smallest absolute Gasteiger partial charge is 0.332 e. The van der Waals surface area contributed by atoms with Gasteiger partial charge in [0.15, 0.2) is 5.65 Å². The largest absolute Gasteiger partial charge is 0.336 e. The molecule has 2 heterocycles. The van der Waals surface area contributed by atoms with Crippen molar-refractivity contribution < 1.29 is 4.79 Å². The highest BCUT2D eigenvalue weighted by atomic mass is 16.2. The van der Waals surface area contributed by atoms with E-state index >= 15 is 0 Å². The van der Waals surface area contributed by atoms with Gasteiger partial charge in [-0.25, -0.2) is 9.78 Å². The molecule has 9 nitrogen and oxygen atoms in total. The van der Waals surface area contributed by atoms with Crippen LogP contribution in [0.3, 0.4) is 0 Å².